The molecule has 0 saturated carbocycles. The third-order valence-corrected chi connectivity index (χ3v) is 4.75. The standard InChI is InChI=1S/C20H23N3O3/c1-15-5-7-16(8-6-15)14-18(24)22-10-12-23(13-11-22)20(26)17-4-3-9-21(2)19(17)25/h3-9H,10-14H2,1-2H3. The number of piperazine rings is 1. The van der Waals surface area contributed by atoms with Crippen LogP contribution in [-0.2, 0) is 18.3 Å². The molecule has 0 radical (unpaired) electrons. The van der Waals surface area contributed by atoms with Gasteiger partial charge >= 0.3 is 0 Å². The van der Waals surface area contributed by atoms with Gasteiger partial charge in [0.15, 0.2) is 0 Å². The fourth-order valence-corrected chi connectivity index (χ4v) is 3.08. The van der Waals surface area contributed by atoms with E-state index in [2.05, 4.69) is 0 Å². The average Bonchev–Trinajstić information content (AvgIpc) is 2.65. The van der Waals surface area contributed by atoms with Crippen LogP contribution in [0, 0.1) is 6.92 Å². The van der Waals surface area contributed by atoms with Crippen LogP contribution in [0.15, 0.2) is 47.4 Å². The molecule has 1 fully saturated rings. The molecule has 3 rings (SSSR count). The van der Waals surface area contributed by atoms with Gasteiger partial charge in [-0.15, -0.1) is 0 Å². The second kappa shape index (κ2) is 7.56. The molecule has 0 atom stereocenters. The minimum absolute atomic E-state index is 0.0663. The maximum absolute atomic E-state index is 12.6. The molecule has 0 unspecified atom stereocenters. The van der Waals surface area contributed by atoms with E-state index in [1.807, 2.05) is 31.2 Å². The average molecular weight is 353 g/mol. The molecular weight excluding hydrogens is 330 g/mol. The Kier molecular flexibility index (Phi) is 5.21. The quantitative estimate of drug-likeness (QED) is 0.834. The topological polar surface area (TPSA) is 62.6 Å². The maximum atomic E-state index is 12.6. The number of carbonyl (C=O) groups excluding carboxylic acids is 2. The molecule has 1 aromatic carbocycles. The van der Waals surface area contributed by atoms with Crippen LogP contribution in [0.2, 0.25) is 0 Å². The molecule has 1 aromatic heterocycles. The number of hydrogen-bond acceptors (Lipinski definition) is 3. The van der Waals surface area contributed by atoms with Crippen molar-refractivity contribution < 1.29 is 9.59 Å². The van der Waals surface area contributed by atoms with Crippen LogP contribution in [0.3, 0.4) is 0 Å². The number of hydrogen-bond donors (Lipinski definition) is 0. The minimum Gasteiger partial charge on any atom is -0.339 e. The van der Waals surface area contributed by atoms with Crippen LogP contribution < -0.4 is 5.56 Å². The lowest BCUT2D eigenvalue weighted by Crippen LogP contribution is -2.51. The van der Waals surface area contributed by atoms with E-state index in [1.54, 1.807) is 35.2 Å². The zero-order valence-corrected chi connectivity index (χ0v) is 15.1. The second-order valence-electron chi connectivity index (χ2n) is 6.67. The zero-order valence-electron chi connectivity index (χ0n) is 15.1. The first-order valence-electron chi connectivity index (χ1n) is 8.74. The predicted molar refractivity (Wildman–Crippen MR) is 99.0 cm³/mol. The Balaban J connectivity index is 1.59. The Labute approximate surface area is 152 Å². The molecule has 0 N–H and O–H groups in total. The normalized spacial score (nSPS) is 14.4. The highest BCUT2D eigenvalue weighted by Gasteiger charge is 2.26. The number of amides is 2. The van der Waals surface area contributed by atoms with Crippen LogP contribution in [0.25, 0.3) is 0 Å². The van der Waals surface area contributed by atoms with E-state index >= 15 is 0 Å². The van der Waals surface area contributed by atoms with Crippen molar-refractivity contribution in [3.63, 3.8) is 0 Å². The molecule has 136 valence electrons. The van der Waals surface area contributed by atoms with Crippen molar-refractivity contribution in [1.29, 1.82) is 0 Å². The minimum atomic E-state index is -0.296. The number of pyridine rings is 1. The van der Waals surface area contributed by atoms with Gasteiger partial charge in [-0.3, -0.25) is 14.4 Å². The van der Waals surface area contributed by atoms with Crippen molar-refractivity contribution in [1.82, 2.24) is 14.4 Å². The second-order valence-corrected chi connectivity index (χ2v) is 6.67. The highest BCUT2D eigenvalue weighted by atomic mass is 16.2. The number of aryl methyl sites for hydroxylation is 2. The molecule has 2 heterocycles. The van der Waals surface area contributed by atoms with Crippen LogP contribution in [-0.4, -0.2) is 52.4 Å². The lowest BCUT2D eigenvalue weighted by molar-refractivity contribution is -0.131. The molecular formula is C20H23N3O3. The van der Waals surface area contributed by atoms with Gasteiger partial charge in [0.1, 0.15) is 5.56 Å². The number of benzene rings is 1. The van der Waals surface area contributed by atoms with Gasteiger partial charge in [-0.05, 0) is 24.6 Å². The van der Waals surface area contributed by atoms with Gasteiger partial charge in [-0.1, -0.05) is 29.8 Å². The SMILES string of the molecule is Cc1ccc(CC(=O)N2CCN(C(=O)c3cccn(C)c3=O)CC2)cc1. The van der Waals surface area contributed by atoms with Crippen molar-refractivity contribution in [2.24, 2.45) is 7.05 Å². The Morgan fingerprint density at radius 2 is 1.58 bits per heavy atom. The lowest BCUT2D eigenvalue weighted by Gasteiger charge is -2.34. The highest BCUT2D eigenvalue weighted by molar-refractivity contribution is 5.94. The first kappa shape index (κ1) is 17.9. The predicted octanol–water partition coefficient (Wildman–Crippen LogP) is 1.22. The molecule has 2 aromatic rings. The van der Waals surface area contributed by atoms with Gasteiger partial charge < -0.3 is 14.4 Å². The summed E-state index contributed by atoms with van der Waals surface area (Å²) in [5.74, 6) is -0.201. The van der Waals surface area contributed by atoms with E-state index < -0.39 is 0 Å². The van der Waals surface area contributed by atoms with Gasteiger partial charge in [0, 0.05) is 39.4 Å². The van der Waals surface area contributed by atoms with E-state index in [9.17, 15) is 14.4 Å². The summed E-state index contributed by atoms with van der Waals surface area (Å²) in [5, 5.41) is 0. The van der Waals surface area contributed by atoms with E-state index in [0.29, 0.717) is 32.6 Å². The number of nitrogens with zero attached hydrogens (tertiary/aromatic N) is 3. The summed E-state index contributed by atoms with van der Waals surface area (Å²) in [5.41, 5.74) is 2.04. The van der Waals surface area contributed by atoms with Crippen molar-refractivity contribution in [2.75, 3.05) is 26.2 Å². The Morgan fingerprint density at radius 3 is 2.23 bits per heavy atom. The summed E-state index contributed by atoms with van der Waals surface area (Å²) in [7, 11) is 1.63. The van der Waals surface area contributed by atoms with E-state index in [4.69, 9.17) is 0 Å². The fraction of sp³-hybridized carbons (Fsp3) is 0.350. The monoisotopic (exact) mass is 353 g/mol. The summed E-state index contributed by atoms with van der Waals surface area (Å²) >= 11 is 0. The summed E-state index contributed by atoms with van der Waals surface area (Å²) in [6.45, 7) is 3.88. The summed E-state index contributed by atoms with van der Waals surface area (Å²) < 4.78 is 1.40. The van der Waals surface area contributed by atoms with Crippen molar-refractivity contribution in [3.8, 4) is 0 Å². The molecule has 6 nitrogen and oxygen atoms in total. The molecule has 6 heteroatoms. The van der Waals surface area contributed by atoms with Gasteiger partial charge in [0.2, 0.25) is 5.91 Å². The van der Waals surface area contributed by atoms with E-state index in [-0.39, 0.29) is 22.9 Å². The largest absolute Gasteiger partial charge is 0.339 e. The molecule has 2 amide bonds. The first-order valence-corrected chi connectivity index (χ1v) is 8.74. The Hall–Kier alpha value is -2.89. The Morgan fingerprint density at radius 1 is 0.962 bits per heavy atom. The van der Waals surface area contributed by atoms with Crippen LogP contribution in [0.5, 0.6) is 0 Å². The van der Waals surface area contributed by atoms with Crippen LogP contribution in [0.4, 0.5) is 0 Å². The molecule has 26 heavy (non-hydrogen) atoms. The summed E-state index contributed by atoms with van der Waals surface area (Å²) in [4.78, 5) is 40.6. The van der Waals surface area contributed by atoms with Gasteiger partial charge in [-0.2, -0.15) is 0 Å². The fourth-order valence-electron chi connectivity index (χ4n) is 3.08. The smallest absolute Gasteiger partial charge is 0.263 e. The number of rotatable bonds is 3. The molecule has 0 bridgehead atoms. The molecule has 0 aliphatic carbocycles. The van der Waals surface area contributed by atoms with Crippen molar-refractivity contribution in [2.45, 2.75) is 13.3 Å². The molecule has 0 spiro atoms. The number of carbonyl (C=O) groups is 2. The van der Waals surface area contributed by atoms with E-state index in [1.165, 1.54) is 10.1 Å². The number of aromatic nitrogens is 1. The van der Waals surface area contributed by atoms with Gasteiger partial charge in [-0.25, -0.2) is 0 Å². The third kappa shape index (κ3) is 3.85. The van der Waals surface area contributed by atoms with E-state index in [0.717, 1.165) is 5.56 Å². The zero-order chi connectivity index (χ0) is 18.7. The highest BCUT2D eigenvalue weighted by Crippen LogP contribution is 2.10. The maximum Gasteiger partial charge on any atom is 0.263 e. The van der Waals surface area contributed by atoms with Gasteiger partial charge in [0.25, 0.3) is 11.5 Å². The third-order valence-electron chi connectivity index (χ3n) is 4.75. The summed E-state index contributed by atoms with van der Waals surface area (Å²) in [6, 6.07) is 11.2. The first-order chi connectivity index (χ1) is 12.5. The molecule has 1 saturated heterocycles. The lowest BCUT2D eigenvalue weighted by atomic mass is 10.1. The molecule has 1 aliphatic heterocycles. The van der Waals surface area contributed by atoms with Crippen molar-refractivity contribution in [3.05, 3.63) is 69.6 Å². The Bertz CT molecular complexity index is 863. The van der Waals surface area contributed by atoms with Crippen LogP contribution >= 0.6 is 0 Å². The summed E-state index contributed by atoms with van der Waals surface area (Å²) in [6.07, 6.45) is 1.99. The van der Waals surface area contributed by atoms with Crippen LogP contribution in [0.1, 0.15) is 21.5 Å². The van der Waals surface area contributed by atoms with Gasteiger partial charge in [0.05, 0.1) is 6.42 Å². The molecule has 1 aliphatic rings. The van der Waals surface area contributed by atoms with Crippen molar-refractivity contribution >= 4 is 11.8 Å².